The minimum absolute atomic E-state index is 0.419. The van der Waals surface area contributed by atoms with Gasteiger partial charge in [0.25, 0.3) is 0 Å². The summed E-state index contributed by atoms with van der Waals surface area (Å²) in [7, 11) is 0. The van der Waals surface area contributed by atoms with E-state index < -0.39 is 11.2 Å². The lowest BCUT2D eigenvalue weighted by Crippen LogP contribution is -2.42. The van der Waals surface area contributed by atoms with Gasteiger partial charge in [0.05, 0.1) is 12.2 Å². The molecule has 0 aliphatic carbocycles. The van der Waals surface area contributed by atoms with Crippen LogP contribution in [0.2, 0.25) is 0 Å². The Hall–Kier alpha value is -0.160. The third kappa shape index (κ3) is 4.37. The second-order valence-electron chi connectivity index (χ2n) is 4.77. The van der Waals surface area contributed by atoms with Crippen LogP contribution in [-0.2, 0) is 4.74 Å². The summed E-state index contributed by atoms with van der Waals surface area (Å²) < 4.78 is 5.12. The van der Waals surface area contributed by atoms with Crippen LogP contribution >= 0.6 is 0 Å². The van der Waals surface area contributed by atoms with Gasteiger partial charge in [0.2, 0.25) is 0 Å². The first-order chi connectivity index (χ1) is 6.41. The van der Waals surface area contributed by atoms with Gasteiger partial charge in [-0.1, -0.05) is 0 Å². The third-order valence-electron chi connectivity index (χ3n) is 2.45. The lowest BCUT2D eigenvalue weighted by atomic mass is 10.0. The molecule has 4 nitrogen and oxygen atoms in total. The summed E-state index contributed by atoms with van der Waals surface area (Å²) in [6.45, 7) is 5.88. The molecular weight excluding hydrogens is 182 g/mol. The number of nitrogens with one attached hydrogen (secondary N) is 1. The summed E-state index contributed by atoms with van der Waals surface area (Å²) in [5, 5.41) is 22.5. The van der Waals surface area contributed by atoms with Gasteiger partial charge in [0, 0.05) is 19.6 Å². The maximum atomic E-state index is 9.87. The van der Waals surface area contributed by atoms with E-state index in [0.717, 1.165) is 0 Å². The minimum atomic E-state index is -0.695. The quantitative estimate of drug-likeness (QED) is 0.546. The van der Waals surface area contributed by atoms with Gasteiger partial charge in [-0.3, -0.25) is 0 Å². The van der Waals surface area contributed by atoms with Crippen LogP contribution in [0, 0.1) is 0 Å². The zero-order chi connectivity index (χ0) is 10.7. The molecule has 0 radical (unpaired) electrons. The van der Waals surface area contributed by atoms with Gasteiger partial charge in [-0.25, -0.2) is 0 Å². The molecule has 0 aromatic heterocycles. The van der Waals surface area contributed by atoms with Gasteiger partial charge in [0.15, 0.2) is 0 Å². The highest BCUT2D eigenvalue weighted by Crippen LogP contribution is 2.17. The summed E-state index contributed by atoms with van der Waals surface area (Å²) in [6.07, 6.45) is 1.38. The summed E-state index contributed by atoms with van der Waals surface area (Å²) in [6, 6.07) is 0. The van der Waals surface area contributed by atoms with Crippen molar-refractivity contribution in [2.75, 3.05) is 26.3 Å². The molecule has 0 spiro atoms. The fourth-order valence-electron chi connectivity index (χ4n) is 1.45. The van der Waals surface area contributed by atoms with E-state index in [1.165, 1.54) is 0 Å². The molecule has 84 valence electrons. The minimum Gasteiger partial charge on any atom is -0.390 e. The van der Waals surface area contributed by atoms with Crippen molar-refractivity contribution < 1.29 is 14.9 Å². The van der Waals surface area contributed by atoms with Crippen molar-refractivity contribution in [1.29, 1.82) is 0 Å². The smallest absolute Gasteiger partial charge is 0.102 e. The van der Waals surface area contributed by atoms with Crippen molar-refractivity contribution >= 4 is 0 Å². The predicted octanol–water partition coefficient (Wildman–Crippen LogP) is -0.112. The van der Waals surface area contributed by atoms with E-state index in [9.17, 15) is 10.2 Å². The van der Waals surface area contributed by atoms with Gasteiger partial charge in [0.1, 0.15) is 5.60 Å². The predicted molar refractivity (Wildman–Crippen MR) is 54.2 cm³/mol. The molecule has 1 aliphatic rings. The first kappa shape index (κ1) is 11.9. The molecule has 1 rings (SSSR count). The van der Waals surface area contributed by atoms with Gasteiger partial charge in [-0.15, -0.1) is 0 Å². The van der Waals surface area contributed by atoms with E-state index in [4.69, 9.17) is 4.74 Å². The topological polar surface area (TPSA) is 61.7 Å². The molecule has 0 amide bonds. The standard InChI is InChI=1S/C10H21NO3/c1-9(2,12)3-5-11-7-10(13)4-6-14-8-10/h11-13H,3-8H2,1-2H3. The van der Waals surface area contributed by atoms with Crippen LogP contribution < -0.4 is 5.32 Å². The van der Waals surface area contributed by atoms with E-state index >= 15 is 0 Å². The Balaban J connectivity index is 2.09. The Morgan fingerprint density at radius 2 is 2.21 bits per heavy atom. The monoisotopic (exact) mass is 203 g/mol. The maximum absolute atomic E-state index is 9.87. The Labute approximate surface area is 85.3 Å². The molecule has 1 unspecified atom stereocenters. The highest BCUT2D eigenvalue weighted by molar-refractivity contribution is 4.85. The van der Waals surface area contributed by atoms with Crippen LogP contribution in [0.3, 0.4) is 0 Å². The molecule has 1 fully saturated rings. The number of hydrogen-bond donors (Lipinski definition) is 3. The van der Waals surface area contributed by atoms with Gasteiger partial charge in [-0.2, -0.15) is 0 Å². The second kappa shape index (κ2) is 4.57. The normalized spacial score (nSPS) is 28.3. The van der Waals surface area contributed by atoms with Crippen molar-refractivity contribution in [3.8, 4) is 0 Å². The van der Waals surface area contributed by atoms with Crippen molar-refractivity contribution in [3.63, 3.8) is 0 Å². The maximum Gasteiger partial charge on any atom is 0.102 e. The Morgan fingerprint density at radius 3 is 2.71 bits per heavy atom. The summed E-state index contributed by atoms with van der Waals surface area (Å²) in [5.41, 5.74) is -1.33. The Kier molecular flexibility index (Phi) is 3.89. The molecule has 1 aliphatic heterocycles. The Morgan fingerprint density at radius 1 is 1.50 bits per heavy atom. The van der Waals surface area contributed by atoms with Crippen LogP contribution in [0.1, 0.15) is 26.7 Å². The van der Waals surface area contributed by atoms with E-state index in [-0.39, 0.29) is 0 Å². The van der Waals surface area contributed by atoms with E-state index in [0.29, 0.717) is 39.1 Å². The fourth-order valence-corrected chi connectivity index (χ4v) is 1.45. The number of hydrogen-bond acceptors (Lipinski definition) is 4. The molecule has 0 aromatic rings. The largest absolute Gasteiger partial charge is 0.390 e. The third-order valence-corrected chi connectivity index (χ3v) is 2.45. The highest BCUT2D eigenvalue weighted by atomic mass is 16.5. The molecule has 0 bridgehead atoms. The molecule has 0 aromatic carbocycles. The molecule has 14 heavy (non-hydrogen) atoms. The SMILES string of the molecule is CC(C)(O)CCNCC1(O)CCOC1. The molecular formula is C10H21NO3. The summed E-state index contributed by atoms with van der Waals surface area (Å²) in [4.78, 5) is 0. The number of rotatable bonds is 5. The van der Waals surface area contributed by atoms with E-state index in [2.05, 4.69) is 5.32 Å². The van der Waals surface area contributed by atoms with Crippen molar-refractivity contribution in [2.24, 2.45) is 0 Å². The first-order valence-corrected chi connectivity index (χ1v) is 5.15. The van der Waals surface area contributed by atoms with Crippen LogP contribution in [0.4, 0.5) is 0 Å². The molecule has 1 heterocycles. The molecule has 4 heteroatoms. The highest BCUT2D eigenvalue weighted by Gasteiger charge is 2.31. The van der Waals surface area contributed by atoms with Gasteiger partial charge >= 0.3 is 0 Å². The first-order valence-electron chi connectivity index (χ1n) is 5.15. The molecule has 1 atom stereocenters. The number of aliphatic hydroxyl groups is 2. The van der Waals surface area contributed by atoms with Crippen molar-refractivity contribution in [3.05, 3.63) is 0 Å². The van der Waals surface area contributed by atoms with Crippen molar-refractivity contribution in [1.82, 2.24) is 5.32 Å². The van der Waals surface area contributed by atoms with Gasteiger partial charge in [-0.05, 0) is 26.8 Å². The zero-order valence-electron chi connectivity index (χ0n) is 9.05. The van der Waals surface area contributed by atoms with Crippen LogP contribution in [0.25, 0.3) is 0 Å². The van der Waals surface area contributed by atoms with Crippen LogP contribution in [0.15, 0.2) is 0 Å². The summed E-state index contributed by atoms with van der Waals surface area (Å²) >= 11 is 0. The van der Waals surface area contributed by atoms with Gasteiger partial charge < -0.3 is 20.3 Å². The van der Waals surface area contributed by atoms with Crippen molar-refractivity contribution in [2.45, 2.75) is 37.9 Å². The van der Waals surface area contributed by atoms with E-state index in [1.807, 2.05) is 0 Å². The average Bonchev–Trinajstić information content (AvgIpc) is 2.45. The molecule has 0 saturated carbocycles. The second-order valence-corrected chi connectivity index (χ2v) is 4.77. The van der Waals surface area contributed by atoms with E-state index in [1.54, 1.807) is 13.8 Å². The molecule has 3 N–H and O–H groups in total. The number of ether oxygens (including phenoxy) is 1. The lowest BCUT2D eigenvalue weighted by Gasteiger charge is -2.22. The van der Waals surface area contributed by atoms with Crippen LogP contribution in [-0.4, -0.2) is 47.7 Å². The fraction of sp³-hybridized carbons (Fsp3) is 1.00. The summed E-state index contributed by atoms with van der Waals surface area (Å²) in [5.74, 6) is 0. The Bertz CT molecular complexity index is 171. The van der Waals surface area contributed by atoms with Crippen LogP contribution in [0.5, 0.6) is 0 Å². The average molecular weight is 203 g/mol. The lowest BCUT2D eigenvalue weighted by molar-refractivity contribution is 0.0239. The zero-order valence-corrected chi connectivity index (χ0v) is 9.05. The molecule has 1 saturated heterocycles.